The number of nitrogens with one attached hydrogen (secondary N) is 2. The molecule has 0 bridgehead atoms. The number of rotatable bonds is 7. The molecule has 1 aromatic heterocycles. The lowest BCUT2D eigenvalue weighted by Crippen LogP contribution is -2.56. The molecule has 8 rings (SSSR count). The molecule has 0 radical (unpaired) electrons. The summed E-state index contributed by atoms with van der Waals surface area (Å²) in [5.41, 5.74) is 3.53. The molecule has 13 heteroatoms. The summed E-state index contributed by atoms with van der Waals surface area (Å²) in [5, 5.41) is 11.4. The largest absolute Gasteiger partial charge is 0.436 e. The molecule has 1 saturated carbocycles. The summed E-state index contributed by atoms with van der Waals surface area (Å²) in [5.74, 6) is -0.166. The van der Waals surface area contributed by atoms with Crippen molar-refractivity contribution in [3.05, 3.63) is 58.7 Å². The lowest BCUT2D eigenvalue weighted by molar-refractivity contribution is -0.143. The van der Waals surface area contributed by atoms with E-state index in [4.69, 9.17) is 16.3 Å². The quantitative estimate of drug-likeness (QED) is 0.370. The maximum absolute atomic E-state index is 14.2. The van der Waals surface area contributed by atoms with E-state index in [2.05, 4.69) is 31.4 Å². The Kier molecular flexibility index (Phi) is 9.58. The van der Waals surface area contributed by atoms with E-state index in [1.807, 2.05) is 40.1 Å². The predicted octanol–water partition coefficient (Wildman–Crippen LogP) is 4.59. The van der Waals surface area contributed by atoms with E-state index in [9.17, 15) is 14.4 Å². The van der Waals surface area contributed by atoms with Crippen molar-refractivity contribution in [3.63, 3.8) is 0 Å². The monoisotopic (exact) mass is 702 g/mol. The number of hydrogen-bond donors (Lipinski definition) is 2. The van der Waals surface area contributed by atoms with Crippen molar-refractivity contribution in [1.29, 1.82) is 0 Å². The zero-order valence-corrected chi connectivity index (χ0v) is 29.3. The normalized spacial score (nSPS) is 22.3. The number of para-hydroxylation sites is 1. The Morgan fingerprint density at radius 3 is 2.30 bits per heavy atom. The Hall–Kier alpha value is -3.87. The SMILES string of the molecule is O=C(O[C@H](Cc1cc(Cl)c2[nH]ncc2c1)C(=O)N1CCN(C2CCN(C3CC3)CC2)CC1)N1CCC(N2CCc3ccccc3NC2=O)CC1. The van der Waals surface area contributed by atoms with Crippen LogP contribution in [0.4, 0.5) is 15.3 Å². The fraction of sp³-hybridized carbons (Fsp3) is 0.568. The van der Waals surface area contributed by atoms with Gasteiger partial charge in [-0.1, -0.05) is 29.8 Å². The van der Waals surface area contributed by atoms with Crippen LogP contribution < -0.4 is 5.32 Å². The molecule has 2 N–H and O–H groups in total. The van der Waals surface area contributed by atoms with E-state index in [-0.39, 0.29) is 24.4 Å². The van der Waals surface area contributed by atoms with Crippen molar-refractivity contribution in [3.8, 4) is 0 Å². The molecule has 266 valence electrons. The van der Waals surface area contributed by atoms with Crippen molar-refractivity contribution in [1.82, 2.24) is 34.7 Å². The van der Waals surface area contributed by atoms with Gasteiger partial charge in [0.05, 0.1) is 16.7 Å². The van der Waals surface area contributed by atoms with Crippen LogP contribution in [0.5, 0.6) is 0 Å². The third-order valence-electron chi connectivity index (χ3n) is 11.5. The van der Waals surface area contributed by atoms with Crippen LogP contribution in [-0.2, 0) is 22.4 Å². The number of piperidine rings is 2. The molecule has 5 heterocycles. The molecular weight excluding hydrogens is 656 g/mol. The van der Waals surface area contributed by atoms with Crippen LogP contribution in [0.15, 0.2) is 42.6 Å². The molecular formula is C37H47ClN8O4. The molecule has 0 spiro atoms. The Labute approximate surface area is 298 Å². The van der Waals surface area contributed by atoms with Gasteiger partial charge in [-0.15, -0.1) is 0 Å². The zero-order valence-electron chi connectivity index (χ0n) is 28.6. The number of likely N-dealkylation sites (tertiary alicyclic amines) is 2. The molecule has 2 aromatic carbocycles. The minimum absolute atomic E-state index is 0.0202. The number of benzene rings is 2. The van der Waals surface area contributed by atoms with Gasteiger partial charge in [-0.2, -0.15) is 5.10 Å². The van der Waals surface area contributed by atoms with Crippen LogP contribution in [0.3, 0.4) is 0 Å². The Morgan fingerprint density at radius 2 is 1.54 bits per heavy atom. The highest BCUT2D eigenvalue weighted by Gasteiger charge is 2.38. The lowest BCUT2D eigenvalue weighted by Gasteiger charge is -2.43. The van der Waals surface area contributed by atoms with Gasteiger partial charge in [0.25, 0.3) is 5.91 Å². The second-order valence-corrected chi connectivity index (χ2v) is 15.0. The molecule has 1 atom stereocenters. The summed E-state index contributed by atoms with van der Waals surface area (Å²) >= 11 is 6.56. The summed E-state index contributed by atoms with van der Waals surface area (Å²) in [4.78, 5) is 51.6. The van der Waals surface area contributed by atoms with Gasteiger partial charge in [-0.25, -0.2) is 9.59 Å². The number of aromatic amines is 1. The second kappa shape index (κ2) is 14.4. The van der Waals surface area contributed by atoms with E-state index in [0.29, 0.717) is 56.6 Å². The maximum Gasteiger partial charge on any atom is 0.410 e. The number of amides is 4. The molecule has 1 aliphatic carbocycles. The first-order valence-corrected chi connectivity index (χ1v) is 18.8. The van der Waals surface area contributed by atoms with Crippen LogP contribution in [0.1, 0.15) is 49.7 Å². The van der Waals surface area contributed by atoms with Crippen LogP contribution >= 0.6 is 11.6 Å². The average molecular weight is 703 g/mol. The number of carbonyl (C=O) groups excluding carboxylic acids is 3. The number of aromatic nitrogens is 2. The lowest BCUT2D eigenvalue weighted by atomic mass is 10.0. The maximum atomic E-state index is 14.2. The van der Waals surface area contributed by atoms with Gasteiger partial charge < -0.3 is 29.7 Å². The zero-order chi connectivity index (χ0) is 34.2. The van der Waals surface area contributed by atoms with Gasteiger partial charge in [0.15, 0.2) is 6.10 Å². The summed E-state index contributed by atoms with van der Waals surface area (Å²) in [6.07, 6.45) is 7.60. The van der Waals surface area contributed by atoms with Gasteiger partial charge in [-0.3, -0.25) is 14.8 Å². The van der Waals surface area contributed by atoms with Gasteiger partial charge in [-0.05, 0) is 87.4 Å². The molecule has 3 saturated heterocycles. The second-order valence-electron chi connectivity index (χ2n) is 14.6. The summed E-state index contributed by atoms with van der Waals surface area (Å²) in [6, 6.07) is 13.0. The Balaban J connectivity index is 0.901. The number of halogens is 1. The minimum Gasteiger partial charge on any atom is -0.436 e. The number of urea groups is 1. The molecule has 12 nitrogen and oxygen atoms in total. The predicted molar refractivity (Wildman–Crippen MR) is 191 cm³/mol. The third-order valence-corrected chi connectivity index (χ3v) is 11.8. The van der Waals surface area contributed by atoms with E-state index < -0.39 is 12.2 Å². The molecule has 3 aromatic rings. The van der Waals surface area contributed by atoms with E-state index in [1.165, 1.54) is 38.8 Å². The third kappa shape index (κ3) is 7.15. The molecule has 0 unspecified atom stereocenters. The van der Waals surface area contributed by atoms with Crippen LogP contribution in [-0.4, -0.2) is 136 Å². The number of nitrogens with zero attached hydrogens (tertiary/aromatic N) is 6. The topological polar surface area (TPSA) is 117 Å². The average Bonchev–Trinajstić information content (AvgIpc) is 3.91. The highest BCUT2D eigenvalue weighted by molar-refractivity contribution is 6.35. The number of carbonyl (C=O) groups is 3. The van der Waals surface area contributed by atoms with Gasteiger partial charge in [0.2, 0.25) is 0 Å². The first kappa shape index (κ1) is 33.3. The fourth-order valence-electron chi connectivity index (χ4n) is 8.45. The van der Waals surface area contributed by atoms with Crippen molar-refractivity contribution >= 4 is 46.2 Å². The standard InChI is InChI=1S/C37H47ClN8O4/c38-31-22-25(21-27-24-39-41-34(27)31)23-33(35(47)44-19-17-43(18-20-44)29-8-12-42(13-9-29)28-5-6-28)50-37(49)45-14-10-30(11-15-45)46-16-7-26-3-1-2-4-32(26)40-36(46)48/h1-4,21-22,24,28-30,33H,5-20,23H2,(H,39,41)(H,40,48)/t33-/m1/s1. The molecule has 4 amide bonds. The van der Waals surface area contributed by atoms with Crippen molar-refractivity contribution in [2.24, 2.45) is 0 Å². The van der Waals surface area contributed by atoms with Crippen molar-refractivity contribution in [2.75, 3.05) is 64.2 Å². The molecule has 50 heavy (non-hydrogen) atoms. The number of piperazine rings is 1. The van der Waals surface area contributed by atoms with E-state index >= 15 is 0 Å². The van der Waals surface area contributed by atoms with E-state index in [1.54, 1.807) is 11.1 Å². The van der Waals surface area contributed by atoms with Crippen molar-refractivity contribution in [2.45, 2.75) is 75.6 Å². The number of fused-ring (bicyclic) bond motifs is 2. The number of hydrogen-bond acceptors (Lipinski definition) is 7. The smallest absolute Gasteiger partial charge is 0.410 e. The molecule has 4 aliphatic heterocycles. The summed E-state index contributed by atoms with van der Waals surface area (Å²) < 4.78 is 6.11. The summed E-state index contributed by atoms with van der Waals surface area (Å²) in [6.45, 7) is 6.77. The number of anilines is 1. The summed E-state index contributed by atoms with van der Waals surface area (Å²) in [7, 11) is 0. The molecule has 4 fully saturated rings. The van der Waals surface area contributed by atoms with E-state index in [0.717, 1.165) is 53.3 Å². The highest BCUT2D eigenvalue weighted by atomic mass is 35.5. The van der Waals surface area contributed by atoms with Gasteiger partial charge in [0, 0.05) is 81.4 Å². The first-order chi connectivity index (χ1) is 24.4. The van der Waals surface area contributed by atoms with Gasteiger partial charge in [0.1, 0.15) is 0 Å². The Bertz CT molecular complexity index is 1710. The van der Waals surface area contributed by atoms with Crippen molar-refractivity contribution < 1.29 is 19.1 Å². The Morgan fingerprint density at radius 1 is 0.840 bits per heavy atom. The number of ether oxygens (including phenoxy) is 1. The fourth-order valence-corrected chi connectivity index (χ4v) is 8.74. The van der Waals surface area contributed by atoms with Gasteiger partial charge >= 0.3 is 12.1 Å². The van der Waals surface area contributed by atoms with Crippen LogP contribution in [0.25, 0.3) is 10.9 Å². The molecule has 5 aliphatic rings. The van der Waals surface area contributed by atoms with Crippen LogP contribution in [0.2, 0.25) is 5.02 Å². The minimum atomic E-state index is -0.983. The van der Waals surface area contributed by atoms with Crippen LogP contribution in [0, 0.1) is 0 Å². The first-order valence-electron chi connectivity index (χ1n) is 18.4. The number of H-pyrrole nitrogens is 1. The highest BCUT2D eigenvalue weighted by Crippen LogP contribution is 2.31.